The van der Waals surface area contributed by atoms with Crippen molar-refractivity contribution < 1.29 is 4.79 Å². The van der Waals surface area contributed by atoms with Crippen molar-refractivity contribution in [1.82, 2.24) is 4.90 Å². The Labute approximate surface area is 113 Å². The second-order valence-corrected chi connectivity index (χ2v) is 5.44. The minimum atomic E-state index is -0.0214. The number of carbonyl (C=O) groups is 1. The van der Waals surface area contributed by atoms with Crippen LogP contribution >= 0.6 is 11.6 Å². The van der Waals surface area contributed by atoms with E-state index in [9.17, 15) is 4.79 Å². The van der Waals surface area contributed by atoms with Crippen molar-refractivity contribution in [2.24, 2.45) is 5.92 Å². The second kappa shape index (κ2) is 5.61. The van der Waals surface area contributed by atoms with Gasteiger partial charge < -0.3 is 10.2 Å². The van der Waals surface area contributed by atoms with E-state index in [0.29, 0.717) is 10.9 Å². The van der Waals surface area contributed by atoms with E-state index in [1.54, 1.807) is 0 Å². The molecule has 0 saturated carbocycles. The molecule has 0 unspecified atom stereocenters. The molecule has 1 fully saturated rings. The van der Waals surface area contributed by atoms with Crippen LogP contribution in [0.15, 0.2) is 18.2 Å². The number of hydrogen-bond donors (Lipinski definition) is 1. The Hall–Kier alpha value is -1.22. The lowest BCUT2D eigenvalue weighted by Crippen LogP contribution is -2.41. The molecule has 1 aliphatic heterocycles. The molecule has 0 bridgehead atoms. The van der Waals surface area contributed by atoms with Gasteiger partial charge in [-0.05, 0) is 43.4 Å². The SMILES string of the molecule is Cc1c(Cl)cccc1NC(=O)N1CCC[C@H](C)C1. The summed E-state index contributed by atoms with van der Waals surface area (Å²) in [5.41, 5.74) is 1.71. The van der Waals surface area contributed by atoms with E-state index in [1.807, 2.05) is 30.0 Å². The first kappa shape index (κ1) is 13.2. The van der Waals surface area contributed by atoms with Gasteiger partial charge in [0.25, 0.3) is 0 Å². The Morgan fingerprint density at radius 1 is 1.50 bits per heavy atom. The predicted molar refractivity (Wildman–Crippen MR) is 75.2 cm³/mol. The summed E-state index contributed by atoms with van der Waals surface area (Å²) in [6.45, 7) is 5.78. The summed E-state index contributed by atoms with van der Waals surface area (Å²) in [7, 11) is 0. The van der Waals surface area contributed by atoms with E-state index < -0.39 is 0 Å². The van der Waals surface area contributed by atoms with Gasteiger partial charge in [-0.2, -0.15) is 0 Å². The third kappa shape index (κ3) is 2.96. The molecule has 0 aromatic heterocycles. The van der Waals surface area contributed by atoms with Crippen LogP contribution in [0.2, 0.25) is 5.02 Å². The molecule has 1 saturated heterocycles. The van der Waals surface area contributed by atoms with Gasteiger partial charge in [-0.25, -0.2) is 4.79 Å². The summed E-state index contributed by atoms with van der Waals surface area (Å²) in [6.07, 6.45) is 2.29. The first-order chi connectivity index (χ1) is 8.58. The molecule has 2 rings (SSSR count). The van der Waals surface area contributed by atoms with E-state index in [-0.39, 0.29) is 6.03 Å². The Balaban J connectivity index is 2.04. The smallest absolute Gasteiger partial charge is 0.321 e. The monoisotopic (exact) mass is 266 g/mol. The molecule has 1 heterocycles. The zero-order valence-corrected chi connectivity index (χ0v) is 11.6. The van der Waals surface area contributed by atoms with Crippen LogP contribution in [0.4, 0.5) is 10.5 Å². The quantitative estimate of drug-likeness (QED) is 0.821. The van der Waals surface area contributed by atoms with E-state index in [1.165, 1.54) is 6.42 Å². The van der Waals surface area contributed by atoms with Crippen LogP contribution in [0.1, 0.15) is 25.3 Å². The number of rotatable bonds is 1. The second-order valence-electron chi connectivity index (χ2n) is 5.04. The molecule has 1 aromatic rings. The highest BCUT2D eigenvalue weighted by Gasteiger charge is 2.21. The summed E-state index contributed by atoms with van der Waals surface area (Å²) in [5, 5.41) is 3.62. The van der Waals surface area contributed by atoms with Crippen LogP contribution in [0, 0.1) is 12.8 Å². The Kier molecular flexibility index (Phi) is 4.12. The average molecular weight is 267 g/mol. The minimum Gasteiger partial charge on any atom is -0.324 e. The van der Waals surface area contributed by atoms with Gasteiger partial charge in [0, 0.05) is 23.8 Å². The van der Waals surface area contributed by atoms with Crippen LogP contribution in [0.3, 0.4) is 0 Å². The van der Waals surface area contributed by atoms with Gasteiger partial charge in [0.15, 0.2) is 0 Å². The molecule has 2 amide bonds. The number of hydrogen-bond acceptors (Lipinski definition) is 1. The van der Waals surface area contributed by atoms with Crippen LogP contribution in [-0.2, 0) is 0 Å². The van der Waals surface area contributed by atoms with Crippen molar-refractivity contribution in [3.63, 3.8) is 0 Å². The highest BCUT2D eigenvalue weighted by molar-refractivity contribution is 6.31. The number of nitrogens with one attached hydrogen (secondary N) is 1. The van der Waals surface area contributed by atoms with Gasteiger partial charge >= 0.3 is 6.03 Å². The number of benzene rings is 1. The first-order valence-electron chi connectivity index (χ1n) is 6.39. The van der Waals surface area contributed by atoms with Crippen LogP contribution in [-0.4, -0.2) is 24.0 Å². The van der Waals surface area contributed by atoms with Crippen molar-refractivity contribution in [2.75, 3.05) is 18.4 Å². The largest absolute Gasteiger partial charge is 0.324 e. The fourth-order valence-corrected chi connectivity index (χ4v) is 2.49. The number of piperidine rings is 1. The van der Waals surface area contributed by atoms with E-state index >= 15 is 0 Å². The van der Waals surface area contributed by atoms with E-state index in [4.69, 9.17) is 11.6 Å². The third-order valence-corrected chi connectivity index (χ3v) is 3.86. The molecule has 1 aromatic carbocycles. The zero-order valence-electron chi connectivity index (χ0n) is 10.9. The number of nitrogens with zero attached hydrogens (tertiary/aromatic N) is 1. The van der Waals surface area contributed by atoms with Crippen molar-refractivity contribution in [2.45, 2.75) is 26.7 Å². The zero-order chi connectivity index (χ0) is 13.1. The maximum atomic E-state index is 12.1. The van der Waals surface area contributed by atoms with Crippen molar-refractivity contribution in [1.29, 1.82) is 0 Å². The molecule has 0 radical (unpaired) electrons. The summed E-state index contributed by atoms with van der Waals surface area (Å²) >= 11 is 6.04. The molecule has 1 atom stereocenters. The van der Waals surface area contributed by atoms with Crippen LogP contribution in [0.25, 0.3) is 0 Å². The molecule has 4 heteroatoms. The fraction of sp³-hybridized carbons (Fsp3) is 0.500. The lowest BCUT2D eigenvalue weighted by atomic mass is 10.0. The van der Waals surface area contributed by atoms with Gasteiger partial charge in [-0.1, -0.05) is 24.6 Å². The summed E-state index contributed by atoms with van der Waals surface area (Å²) < 4.78 is 0. The lowest BCUT2D eigenvalue weighted by Gasteiger charge is -2.31. The fourth-order valence-electron chi connectivity index (χ4n) is 2.31. The number of likely N-dealkylation sites (tertiary alicyclic amines) is 1. The first-order valence-corrected chi connectivity index (χ1v) is 6.76. The maximum Gasteiger partial charge on any atom is 0.321 e. The standard InChI is InChI=1S/C14H19ClN2O/c1-10-5-4-8-17(9-10)14(18)16-13-7-3-6-12(15)11(13)2/h3,6-7,10H,4-5,8-9H2,1-2H3,(H,16,18)/t10-/m0/s1. The third-order valence-electron chi connectivity index (χ3n) is 3.45. The Morgan fingerprint density at radius 3 is 3.00 bits per heavy atom. The number of amides is 2. The maximum absolute atomic E-state index is 12.1. The number of urea groups is 1. The number of carbonyl (C=O) groups excluding carboxylic acids is 1. The van der Waals surface area contributed by atoms with E-state index in [2.05, 4.69) is 12.2 Å². The molecule has 98 valence electrons. The van der Waals surface area contributed by atoms with Crippen molar-refractivity contribution >= 4 is 23.3 Å². The molecule has 1 N–H and O–H groups in total. The molecule has 3 nitrogen and oxygen atoms in total. The Morgan fingerprint density at radius 2 is 2.28 bits per heavy atom. The predicted octanol–water partition coefficient (Wildman–Crippen LogP) is 3.91. The number of anilines is 1. The summed E-state index contributed by atoms with van der Waals surface area (Å²) in [4.78, 5) is 14.0. The highest BCUT2D eigenvalue weighted by atomic mass is 35.5. The highest BCUT2D eigenvalue weighted by Crippen LogP contribution is 2.24. The van der Waals surface area contributed by atoms with Gasteiger partial charge in [-0.15, -0.1) is 0 Å². The van der Waals surface area contributed by atoms with E-state index in [0.717, 1.165) is 30.8 Å². The molecule has 0 spiro atoms. The summed E-state index contributed by atoms with van der Waals surface area (Å²) in [5.74, 6) is 0.588. The van der Waals surface area contributed by atoms with Crippen LogP contribution in [0.5, 0.6) is 0 Å². The topological polar surface area (TPSA) is 32.3 Å². The molecule has 1 aliphatic rings. The van der Waals surface area contributed by atoms with Crippen molar-refractivity contribution in [3.8, 4) is 0 Å². The van der Waals surface area contributed by atoms with Gasteiger partial charge in [0.1, 0.15) is 0 Å². The van der Waals surface area contributed by atoms with Gasteiger partial charge in [0.2, 0.25) is 0 Å². The molecule has 18 heavy (non-hydrogen) atoms. The summed E-state index contributed by atoms with van der Waals surface area (Å²) in [6, 6.07) is 5.54. The van der Waals surface area contributed by atoms with Gasteiger partial charge in [0.05, 0.1) is 0 Å². The normalized spacial score (nSPS) is 19.7. The molecular formula is C14H19ClN2O. The van der Waals surface area contributed by atoms with Crippen LogP contribution < -0.4 is 5.32 Å². The number of halogens is 1. The lowest BCUT2D eigenvalue weighted by molar-refractivity contribution is 0.182. The van der Waals surface area contributed by atoms with Crippen molar-refractivity contribution in [3.05, 3.63) is 28.8 Å². The molecule has 0 aliphatic carbocycles. The Bertz CT molecular complexity index is 447. The average Bonchev–Trinajstić information content (AvgIpc) is 2.35. The molecular weight excluding hydrogens is 248 g/mol. The minimum absolute atomic E-state index is 0.0214. The van der Waals surface area contributed by atoms with Gasteiger partial charge in [-0.3, -0.25) is 0 Å².